The highest BCUT2D eigenvalue weighted by Gasteiger charge is 2.30. The van der Waals surface area contributed by atoms with Crippen molar-refractivity contribution in [2.24, 2.45) is 0 Å². The predicted molar refractivity (Wildman–Crippen MR) is 99.2 cm³/mol. The van der Waals surface area contributed by atoms with Gasteiger partial charge in [0.15, 0.2) is 0 Å². The molecule has 0 fully saturated rings. The maximum Gasteiger partial charge on any atom is 0.416 e. The van der Waals surface area contributed by atoms with Gasteiger partial charge in [0.25, 0.3) is 5.91 Å². The lowest BCUT2D eigenvalue weighted by Gasteiger charge is -2.09. The second kappa shape index (κ2) is 7.84. The van der Waals surface area contributed by atoms with Crippen LogP contribution in [0.25, 0.3) is 0 Å². The van der Waals surface area contributed by atoms with Gasteiger partial charge in [-0.3, -0.25) is 4.79 Å². The van der Waals surface area contributed by atoms with E-state index in [9.17, 15) is 18.0 Å². The Kier molecular flexibility index (Phi) is 5.51. The number of nitrogens with one attached hydrogen (secondary N) is 1. The van der Waals surface area contributed by atoms with Crippen LogP contribution < -0.4 is 10.1 Å². The fraction of sp³-hybridized carbons (Fsp3) is 0.150. The van der Waals surface area contributed by atoms with Gasteiger partial charge in [-0.25, -0.2) is 0 Å². The Morgan fingerprint density at radius 3 is 2.63 bits per heavy atom. The minimum Gasteiger partial charge on any atom is -0.489 e. The first-order valence-corrected chi connectivity index (χ1v) is 8.95. The molecule has 0 aliphatic carbocycles. The molecule has 1 heterocycles. The summed E-state index contributed by atoms with van der Waals surface area (Å²) in [5.41, 5.74) is 1.19. The van der Waals surface area contributed by atoms with Crippen molar-refractivity contribution in [2.45, 2.75) is 19.7 Å². The number of halogens is 3. The molecule has 1 N–H and O–H groups in total. The maximum atomic E-state index is 12.8. The van der Waals surface area contributed by atoms with Crippen molar-refractivity contribution in [1.82, 2.24) is 0 Å². The van der Waals surface area contributed by atoms with Crippen LogP contribution in [0.5, 0.6) is 5.75 Å². The molecule has 140 valence electrons. The van der Waals surface area contributed by atoms with Crippen LogP contribution >= 0.6 is 11.3 Å². The van der Waals surface area contributed by atoms with Gasteiger partial charge in [0.1, 0.15) is 12.4 Å². The fourth-order valence-corrected chi connectivity index (χ4v) is 3.20. The van der Waals surface area contributed by atoms with E-state index in [-0.39, 0.29) is 5.69 Å². The first-order chi connectivity index (χ1) is 12.8. The van der Waals surface area contributed by atoms with E-state index in [0.717, 1.165) is 29.0 Å². The van der Waals surface area contributed by atoms with E-state index < -0.39 is 17.6 Å². The van der Waals surface area contributed by atoms with Gasteiger partial charge in [-0.05, 0) is 54.3 Å². The van der Waals surface area contributed by atoms with Gasteiger partial charge in [0.05, 0.1) is 10.4 Å². The number of carbonyl (C=O) groups is 1. The van der Waals surface area contributed by atoms with Crippen LogP contribution in [0, 0.1) is 6.92 Å². The Morgan fingerprint density at radius 2 is 1.89 bits per heavy atom. The van der Waals surface area contributed by atoms with Crippen LogP contribution in [-0.4, -0.2) is 5.91 Å². The zero-order valence-corrected chi connectivity index (χ0v) is 15.2. The Balaban J connectivity index is 1.63. The molecule has 0 atom stereocenters. The molecule has 3 aromatic rings. The largest absolute Gasteiger partial charge is 0.489 e. The van der Waals surface area contributed by atoms with Gasteiger partial charge >= 0.3 is 6.18 Å². The van der Waals surface area contributed by atoms with E-state index in [1.165, 1.54) is 23.5 Å². The second-order valence-electron chi connectivity index (χ2n) is 5.96. The molecule has 0 saturated carbocycles. The third-order valence-corrected chi connectivity index (χ3v) is 4.70. The SMILES string of the molecule is Cc1cccc(OCc2csc(C(=O)Nc3cccc(C(F)(F)F)c3)c2)c1. The minimum atomic E-state index is -4.45. The highest BCUT2D eigenvalue weighted by molar-refractivity contribution is 7.12. The highest BCUT2D eigenvalue weighted by atomic mass is 32.1. The van der Waals surface area contributed by atoms with Crippen molar-refractivity contribution in [1.29, 1.82) is 0 Å². The molecule has 2 aromatic carbocycles. The van der Waals surface area contributed by atoms with Crippen molar-refractivity contribution < 1.29 is 22.7 Å². The molecule has 0 unspecified atom stereocenters. The molecule has 0 saturated heterocycles. The van der Waals surface area contributed by atoms with Crippen LogP contribution in [0.4, 0.5) is 18.9 Å². The van der Waals surface area contributed by atoms with E-state index in [2.05, 4.69) is 5.32 Å². The summed E-state index contributed by atoms with van der Waals surface area (Å²) in [6.45, 7) is 2.27. The van der Waals surface area contributed by atoms with E-state index in [0.29, 0.717) is 11.5 Å². The molecule has 0 radical (unpaired) electrons. The van der Waals surface area contributed by atoms with Crippen molar-refractivity contribution in [3.63, 3.8) is 0 Å². The van der Waals surface area contributed by atoms with Gasteiger partial charge in [-0.2, -0.15) is 13.2 Å². The Labute approximate surface area is 158 Å². The molecule has 0 aliphatic rings. The van der Waals surface area contributed by atoms with Crippen molar-refractivity contribution in [2.75, 3.05) is 5.32 Å². The summed E-state index contributed by atoms with van der Waals surface area (Å²) in [6.07, 6.45) is -4.45. The monoisotopic (exact) mass is 391 g/mol. The van der Waals surface area contributed by atoms with E-state index in [1.807, 2.05) is 31.2 Å². The summed E-state index contributed by atoms with van der Waals surface area (Å²) >= 11 is 1.21. The van der Waals surface area contributed by atoms with E-state index >= 15 is 0 Å². The van der Waals surface area contributed by atoms with Gasteiger partial charge in [0.2, 0.25) is 0 Å². The van der Waals surface area contributed by atoms with Crippen LogP contribution in [0.2, 0.25) is 0 Å². The molecule has 1 amide bonds. The van der Waals surface area contributed by atoms with Crippen LogP contribution in [0.3, 0.4) is 0 Å². The van der Waals surface area contributed by atoms with E-state index in [1.54, 1.807) is 11.4 Å². The third-order valence-electron chi connectivity index (χ3n) is 3.72. The summed E-state index contributed by atoms with van der Waals surface area (Å²) in [6, 6.07) is 13.8. The topological polar surface area (TPSA) is 38.3 Å². The number of ether oxygens (including phenoxy) is 1. The van der Waals surface area contributed by atoms with Gasteiger partial charge in [-0.15, -0.1) is 11.3 Å². The number of hydrogen-bond acceptors (Lipinski definition) is 3. The Hall–Kier alpha value is -2.80. The van der Waals surface area contributed by atoms with Gasteiger partial charge < -0.3 is 10.1 Å². The number of aryl methyl sites for hydroxylation is 1. The number of thiophene rings is 1. The number of benzene rings is 2. The minimum absolute atomic E-state index is 0.0979. The number of rotatable bonds is 5. The number of anilines is 1. The normalized spacial score (nSPS) is 11.3. The van der Waals surface area contributed by atoms with Crippen molar-refractivity contribution in [3.8, 4) is 5.75 Å². The molecule has 7 heteroatoms. The fourth-order valence-electron chi connectivity index (χ4n) is 2.41. The molecule has 3 rings (SSSR count). The Bertz CT molecular complexity index is 950. The molecule has 0 spiro atoms. The summed E-state index contributed by atoms with van der Waals surface area (Å²) in [5.74, 6) is 0.275. The first-order valence-electron chi connectivity index (χ1n) is 8.07. The van der Waals surface area contributed by atoms with Crippen molar-refractivity contribution in [3.05, 3.63) is 81.5 Å². The summed E-state index contributed by atoms with van der Waals surface area (Å²) < 4.78 is 44.0. The average Bonchev–Trinajstić information content (AvgIpc) is 3.09. The molecule has 0 bridgehead atoms. The molecular formula is C20H16F3NO2S. The maximum absolute atomic E-state index is 12.8. The van der Waals surface area contributed by atoms with Crippen molar-refractivity contribution >= 4 is 22.9 Å². The summed E-state index contributed by atoms with van der Waals surface area (Å²) in [5, 5.41) is 4.28. The second-order valence-corrected chi connectivity index (χ2v) is 6.87. The summed E-state index contributed by atoms with van der Waals surface area (Å²) in [4.78, 5) is 12.7. The number of hydrogen-bond donors (Lipinski definition) is 1. The number of alkyl halides is 3. The lowest BCUT2D eigenvalue weighted by molar-refractivity contribution is -0.137. The summed E-state index contributed by atoms with van der Waals surface area (Å²) in [7, 11) is 0. The quantitative estimate of drug-likeness (QED) is 0.587. The van der Waals surface area contributed by atoms with Gasteiger partial charge in [0, 0.05) is 11.3 Å². The Morgan fingerprint density at radius 1 is 1.11 bits per heavy atom. The lowest BCUT2D eigenvalue weighted by Crippen LogP contribution is -2.12. The molecule has 0 aliphatic heterocycles. The standard InChI is InChI=1S/C20H16F3NO2S/c1-13-4-2-7-17(8-13)26-11-14-9-18(27-12-14)19(25)24-16-6-3-5-15(10-16)20(21,22)23/h2-10,12H,11H2,1H3,(H,24,25). The van der Waals surface area contributed by atoms with Crippen LogP contribution in [0.1, 0.15) is 26.4 Å². The molecule has 1 aromatic heterocycles. The van der Waals surface area contributed by atoms with E-state index in [4.69, 9.17) is 4.74 Å². The zero-order chi connectivity index (χ0) is 19.4. The first kappa shape index (κ1) is 19.0. The van der Waals surface area contributed by atoms with Crippen LogP contribution in [-0.2, 0) is 12.8 Å². The zero-order valence-electron chi connectivity index (χ0n) is 14.3. The molecule has 27 heavy (non-hydrogen) atoms. The average molecular weight is 391 g/mol. The third kappa shape index (κ3) is 5.10. The van der Waals surface area contributed by atoms with Crippen LogP contribution in [0.15, 0.2) is 60.0 Å². The smallest absolute Gasteiger partial charge is 0.416 e. The predicted octanol–water partition coefficient (Wildman–Crippen LogP) is 5.91. The lowest BCUT2D eigenvalue weighted by atomic mass is 10.2. The number of amides is 1. The molecular weight excluding hydrogens is 375 g/mol. The number of carbonyl (C=O) groups excluding carboxylic acids is 1. The van der Waals surface area contributed by atoms with Gasteiger partial charge in [-0.1, -0.05) is 18.2 Å². The molecule has 3 nitrogen and oxygen atoms in total. The highest BCUT2D eigenvalue weighted by Crippen LogP contribution is 2.31.